The normalized spacial score (nSPS) is 15.7. The fourth-order valence-corrected chi connectivity index (χ4v) is 4.77. The summed E-state index contributed by atoms with van der Waals surface area (Å²) in [7, 11) is 0. The van der Waals surface area contributed by atoms with Crippen LogP contribution in [-0.4, -0.2) is 98.6 Å². The van der Waals surface area contributed by atoms with Crippen molar-refractivity contribution in [2.75, 3.05) is 72.4 Å². The fraction of sp³-hybridized carbons (Fsp3) is 0.600. The van der Waals surface area contributed by atoms with Crippen molar-refractivity contribution in [3.8, 4) is 22.9 Å². The Morgan fingerprint density at radius 3 is 1.55 bits per heavy atom. The van der Waals surface area contributed by atoms with E-state index in [9.17, 15) is 9.59 Å². The highest BCUT2D eigenvalue weighted by Gasteiger charge is 2.38. The molecule has 2 aliphatic heterocycles. The van der Waals surface area contributed by atoms with Gasteiger partial charge in [-0.15, -0.1) is 0 Å². The Balaban J connectivity index is 1.94. The van der Waals surface area contributed by atoms with Crippen molar-refractivity contribution >= 4 is 11.8 Å². The molecule has 40 heavy (non-hydrogen) atoms. The first-order valence-corrected chi connectivity index (χ1v) is 14.6. The maximum absolute atomic E-state index is 14.3. The SMILES string of the molecule is CCCCOc1c(OCCCC)c(C(=O)N2CCOCC2)n(-c2ccc(OCC)cc2)c1C(=O)N1CCOCC1. The molecule has 3 heterocycles. The number of aromatic nitrogens is 1. The maximum Gasteiger partial charge on any atom is 0.275 e. The standard InChI is InChI=1S/C30H43N3O7/c1-4-7-17-39-27-25(29(34)31-13-19-36-20-14-31)33(23-9-11-24(12-10-23)38-6-3)26(28(27)40-18-8-5-2)30(35)32-15-21-37-22-16-32/h9-12H,4-8,13-22H2,1-3H3. The van der Waals surface area contributed by atoms with Crippen molar-refractivity contribution in [3.05, 3.63) is 35.7 Å². The Morgan fingerprint density at radius 2 is 1.15 bits per heavy atom. The van der Waals surface area contributed by atoms with Gasteiger partial charge in [-0.2, -0.15) is 0 Å². The molecule has 4 rings (SSSR count). The largest absolute Gasteiger partial charge is 0.494 e. The Morgan fingerprint density at radius 1 is 0.700 bits per heavy atom. The third kappa shape index (κ3) is 6.90. The summed E-state index contributed by atoms with van der Waals surface area (Å²) < 4.78 is 31.1. The minimum absolute atomic E-state index is 0.218. The summed E-state index contributed by atoms with van der Waals surface area (Å²) in [5.74, 6) is 0.924. The van der Waals surface area contributed by atoms with E-state index in [0.717, 1.165) is 25.7 Å². The van der Waals surface area contributed by atoms with E-state index >= 15 is 0 Å². The van der Waals surface area contributed by atoms with Gasteiger partial charge in [0.05, 0.1) is 46.2 Å². The molecule has 0 unspecified atom stereocenters. The summed E-state index contributed by atoms with van der Waals surface area (Å²) in [4.78, 5) is 32.0. The van der Waals surface area contributed by atoms with Gasteiger partial charge < -0.3 is 33.5 Å². The lowest BCUT2D eigenvalue weighted by atomic mass is 10.2. The quantitative estimate of drug-likeness (QED) is 0.341. The van der Waals surface area contributed by atoms with Crippen LogP contribution in [-0.2, 0) is 9.47 Å². The number of unbranched alkanes of at least 4 members (excludes halogenated alkanes) is 2. The number of rotatable bonds is 13. The zero-order chi connectivity index (χ0) is 28.3. The van der Waals surface area contributed by atoms with E-state index in [1.807, 2.05) is 31.2 Å². The Kier molecular flexibility index (Phi) is 11.1. The third-order valence-corrected chi connectivity index (χ3v) is 6.98. The molecule has 2 aliphatic rings. The van der Waals surface area contributed by atoms with Crippen LogP contribution in [0.15, 0.2) is 24.3 Å². The molecule has 0 bridgehead atoms. The zero-order valence-electron chi connectivity index (χ0n) is 24.1. The lowest BCUT2D eigenvalue weighted by molar-refractivity contribution is 0.0288. The minimum atomic E-state index is -0.218. The van der Waals surface area contributed by atoms with Crippen LogP contribution in [0.25, 0.3) is 5.69 Å². The van der Waals surface area contributed by atoms with Crippen LogP contribution < -0.4 is 14.2 Å². The molecule has 10 nitrogen and oxygen atoms in total. The number of carbonyl (C=O) groups excluding carboxylic acids is 2. The number of hydrogen-bond acceptors (Lipinski definition) is 7. The molecule has 2 fully saturated rings. The van der Waals surface area contributed by atoms with Gasteiger partial charge in [0.15, 0.2) is 22.9 Å². The molecule has 2 aromatic rings. The van der Waals surface area contributed by atoms with Crippen molar-refractivity contribution in [3.63, 3.8) is 0 Å². The highest BCUT2D eigenvalue weighted by atomic mass is 16.5. The van der Waals surface area contributed by atoms with Crippen molar-refractivity contribution in [2.24, 2.45) is 0 Å². The maximum atomic E-state index is 14.3. The van der Waals surface area contributed by atoms with Crippen molar-refractivity contribution in [2.45, 2.75) is 46.5 Å². The van der Waals surface area contributed by atoms with Crippen LogP contribution in [0.1, 0.15) is 67.4 Å². The molecule has 1 aromatic carbocycles. The number of amides is 2. The number of ether oxygens (including phenoxy) is 5. The van der Waals surface area contributed by atoms with Crippen LogP contribution in [0, 0.1) is 0 Å². The molecule has 0 N–H and O–H groups in total. The molecule has 1 aromatic heterocycles. The van der Waals surface area contributed by atoms with Gasteiger partial charge in [-0.3, -0.25) is 14.2 Å². The van der Waals surface area contributed by atoms with E-state index in [4.69, 9.17) is 23.7 Å². The van der Waals surface area contributed by atoms with E-state index in [1.54, 1.807) is 14.4 Å². The third-order valence-electron chi connectivity index (χ3n) is 6.98. The first-order chi connectivity index (χ1) is 19.6. The van der Waals surface area contributed by atoms with Crippen molar-refractivity contribution in [1.29, 1.82) is 0 Å². The lowest BCUT2D eigenvalue weighted by Gasteiger charge is -2.29. The summed E-state index contributed by atoms with van der Waals surface area (Å²) in [5.41, 5.74) is 1.25. The summed E-state index contributed by atoms with van der Waals surface area (Å²) in [5, 5.41) is 0. The van der Waals surface area contributed by atoms with Gasteiger partial charge in [0.2, 0.25) is 0 Å². The van der Waals surface area contributed by atoms with E-state index in [0.29, 0.717) is 107 Å². The van der Waals surface area contributed by atoms with E-state index in [-0.39, 0.29) is 11.8 Å². The number of benzene rings is 1. The Hall–Kier alpha value is -3.24. The molecule has 2 saturated heterocycles. The molecule has 0 spiro atoms. The van der Waals surface area contributed by atoms with Crippen LogP contribution in [0.2, 0.25) is 0 Å². The fourth-order valence-electron chi connectivity index (χ4n) is 4.77. The zero-order valence-corrected chi connectivity index (χ0v) is 24.1. The monoisotopic (exact) mass is 557 g/mol. The second-order valence-electron chi connectivity index (χ2n) is 9.83. The van der Waals surface area contributed by atoms with E-state index < -0.39 is 0 Å². The summed E-state index contributed by atoms with van der Waals surface area (Å²) in [6, 6.07) is 7.42. The molecule has 0 aliphatic carbocycles. The summed E-state index contributed by atoms with van der Waals surface area (Å²) in [6.07, 6.45) is 3.47. The van der Waals surface area contributed by atoms with Crippen LogP contribution in [0.3, 0.4) is 0 Å². The average Bonchev–Trinajstić information content (AvgIpc) is 3.31. The van der Waals surface area contributed by atoms with Gasteiger partial charge >= 0.3 is 0 Å². The Labute approximate surface area is 237 Å². The topological polar surface area (TPSA) is 91.7 Å². The van der Waals surface area contributed by atoms with Crippen molar-refractivity contribution < 1.29 is 33.3 Å². The van der Waals surface area contributed by atoms with Gasteiger partial charge in [-0.1, -0.05) is 26.7 Å². The highest BCUT2D eigenvalue weighted by Crippen LogP contribution is 2.42. The molecule has 0 saturated carbocycles. The number of nitrogens with zero attached hydrogens (tertiary/aromatic N) is 3. The van der Waals surface area contributed by atoms with Crippen LogP contribution >= 0.6 is 0 Å². The van der Waals surface area contributed by atoms with Gasteiger partial charge in [-0.25, -0.2) is 0 Å². The smallest absolute Gasteiger partial charge is 0.275 e. The predicted molar refractivity (Wildman–Crippen MR) is 151 cm³/mol. The van der Waals surface area contributed by atoms with Gasteiger partial charge in [-0.05, 0) is 44.0 Å². The van der Waals surface area contributed by atoms with Gasteiger partial charge in [0.1, 0.15) is 5.75 Å². The summed E-state index contributed by atoms with van der Waals surface area (Å²) >= 11 is 0. The average molecular weight is 558 g/mol. The molecule has 2 amide bonds. The van der Waals surface area contributed by atoms with Gasteiger partial charge in [0.25, 0.3) is 11.8 Å². The minimum Gasteiger partial charge on any atom is -0.494 e. The van der Waals surface area contributed by atoms with Crippen LogP contribution in [0.4, 0.5) is 0 Å². The molecular weight excluding hydrogens is 514 g/mol. The van der Waals surface area contributed by atoms with Gasteiger partial charge in [0, 0.05) is 31.9 Å². The Bertz CT molecular complexity index is 1040. The number of hydrogen-bond donors (Lipinski definition) is 0. The second-order valence-corrected chi connectivity index (χ2v) is 9.83. The first kappa shape index (κ1) is 29.7. The molecular formula is C30H43N3O7. The number of morpholine rings is 2. The molecule has 10 heteroatoms. The molecule has 0 radical (unpaired) electrons. The molecule has 0 atom stereocenters. The summed E-state index contributed by atoms with van der Waals surface area (Å²) in [6.45, 7) is 11.1. The highest BCUT2D eigenvalue weighted by molar-refractivity contribution is 6.04. The second kappa shape index (κ2) is 14.9. The van der Waals surface area contributed by atoms with E-state index in [2.05, 4.69) is 13.8 Å². The van der Waals surface area contributed by atoms with Crippen molar-refractivity contribution in [1.82, 2.24) is 14.4 Å². The van der Waals surface area contributed by atoms with E-state index in [1.165, 1.54) is 0 Å². The number of carbonyl (C=O) groups is 2. The first-order valence-electron chi connectivity index (χ1n) is 14.6. The molecule has 220 valence electrons. The predicted octanol–water partition coefficient (Wildman–Crippen LogP) is 4.18. The lowest BCUT2D eigenvalue weighted by Crippen LogP contribution is -2.43. The van der Waals surface area contributed by atoms with Crippen LogP contribution in [0.5, 0.6) is 17.2 Å².